The molecule has 0 spiro atoms. The topological polar surface area (TPSA) is 73.6 Å². The molecule has 0 radical (unpaired) electrons. The molecule has 2 rings (SSSR count). The van der Waals surface area contributed by atoms with Crippen LogP contribution in [0.3, 0.4) is 0 Å². The number of para-hydroxylation sites is 2. The number of amides is 1. The average Bonchev–Trinajstić information content (AvgIpc) is 2.47. The van der Waals surface area contributed by atoms with Crippen LogP contribution in [0.15, 0.2) is 48.5 Å². The Hall–Kier alpha value is -2.69. The Kier molecular flexibility index (Phi) is 4.66. The van der Waals surface area contributed by atoms with E-state index in [-0.39, 0.29) is 5.91 Å². The summed E-state index contributed by atoms with van der Waals surface area (Å²) >= 11 is 0. The first-order valence-corrected chi connectivity index (χ1v) is 6.56. The van der Waals surface area contributed by atoms with Crippen LogP contribution in [-0.2, 0) is 4.79 Å². The molecular weight excluding hydrogens is 268 g/mol. The second-order valence-corrected chi connectivity index (χ2v) is 4.52. The predicted octanol–water partition coefficient (Wildman–Crippen LogP) is 2.68. The lowest BCUT2D eigenvalue weighted by Crippen LogP contribution is -2.30. The maximum Gasteiger partial charge on any atom is 0.265 e. The summed E-state index contributed by atoms with van der Waals surface area (Å²) in [5, 5.41) is 2.78. The highest BCUT2D eigenvalue weighted by Gasteiger charge is 2.16. The third kappa shape index (κ3) is 3.89. The smallest absolute Gasteiger partial charge is 0.265 e. The van der Waals surface area contributed by atoms with Gasteiger partial charge in [0.15, 0.2) is 6.10 Å². The van der Waals surface area contributed by atoms with E-state index in [1.807, 2.05) is 12.1 Å². The number of methoxy groups -OCH3 is 1. The number of carbonyl (C=O) groups excluding carboxylic acids is 1. The normalized spacial score (nSPS) is 11.5. The molecule has 1 amide bonds. The molecule has 1 atom stereocenters. The number of nitrogens with two attached hydrogens (primary N) is 1. The van der Waals surface area contributed by atoms with E-state index in [1.54, 1.807) is 50.4 Å². The van der Waals surface area contributed by atoms with Crippen LogP contribution in [0.2, 0.25) is 0 Å². The van der Waals surface area contributed by atoms with E-state index >= 15 is 0 Å². The number of nitrogens with one attached hydrogen (secondary N) is 1. The van der Waals surface area contributed by atoms with E-state index in [0.29, 0.717) is 22.9 Å². The molecule has 0 aliphatic carbocycles. The molecule has 0 heterocycles. The summed E-state index contributed by atoms with van der Waals surface area (Å²) in [7, 11) is 1.55. The predicted molar refractivity (Wildman–Crippen MR) is 82.6 cm³/mol. The van der Waals surface area contributed by atoms with Crippen molar-refractivity contribution >= 4 is 17.3 Å². The number of rotatable bonds is 5. The maximum atomic E-state index is 12.1. The van der Waals surface area contributed by atoms with Gasteiger partial charge in [0, 0.05) is 11.8 Å². The van der Waals surface area contributed by atoms with Gasteiger partial charge < -0.3 is 20.5 Å². The number of hydrogen-bond acceptors (Lipinski definition) is 4. The second-order valence-electron chi connectivity index (χ2n) is 4.52. The molecule has 5 nitrogen and oxygen atoms in total. The minimum atomic E-state index is -0.656. The van der Waals surface area contributed by atoms with Crippen LogP contribution in [0.1, 0.15) is 6.92 Å². The van der Waals surface area contributed by atoms with Crippen LogP contribution in [0.4, 0.5) is 11.4 Å². The minimum Gasteiger partial charge on any atom is -0.495 e. The van der Waals surface area contributed by atoms with E-state index < -0.39 is 6.10 Å². The highest BCUT2D eigenvalue weighted by atomic mass is 16.5. The Labute approximate surface area is 123 Å². The molecule has 5 heteroatoms. The highest BCUT2D eigenvalue weighted by Crippen LogP contribution is 2.23. The number of hydrogen-bond donors (Lipinski definition) is 2. The summed E-state index contributed by atoms with van der Waals surface area (Å²) in [5.74, 6) is 0.890. The van der Waals surface area contributed by atoms with Crippen molar-refractivity contribution in [2.45, 2.75) is 13.0 Å². The van der Waals surface area contributed by atoms with Gasteiger partial charge >= 0.3 is 0 Å². The van der Waals surface area contributed by atoms with Gasteiger partial charge in [-0.25, -0.2) is 0 Å². The summed E-state index contributed by atoms with van der Waals surface area (Å²) in [6.07, 6.45) is -0.656. The summed E-state index contributed by atoms with van der Waals surface area (Å²) in [6.45, 7) is 1.67. The Morgan fingerprint density at radius 2 is 1.95 bits per heavy atom. The second kappa shape index (κ2) is 6.65. The lowest BCUT2D eigenvalue weighted by molar-refractivity contribution is -0.122. The van der Waals surface area contributed by atoms with E-state index in [0.717, 1.165) is 0 Å². The Morgan fingerprint density at radius 1 is 1.19 bits per heavy atom. The van der Waals surface area contributed by atoms with Crippen molar-refractivity contribution < 1.29 is 14.3 Å². The summed E-state index contributed by atoms with van der Waals surface area (Å²) in [4.78, 5) is 12.1. The molecule has 110 valence electrons. The van der Waals surface area contributed by atoms with Gasteiger partial charge in [0.2, 0.25) is 0 Å². The first kappa shape index (κ1) is 14.7. The van der Waals surface area contributed by atoms with Gasteiger partial charge in [0.25, 0.3) is 5.91 Å². The summed E-state index contributed by atoms with van der Waals surface area (Å²) in [5.41, 5.74) is 6.87. The Morgan fingerprint density at radius 3 is 2.67 bits per heavy atom. The summed E-state index contributed by atoms with van der Waals surface area (Å²) in [6, 6.07) is 14.2. The zero-order valence-corrected chi connectivity index (χ0v) is 12.0. The van der Waals surface area contributed by atoms with Crippen molar-refractivity contribution in [3.8, 4) is 11.5 Å². The van der Waals surface area contributed by atoms with Gasteiger partial charge in [-0.1, -0.05) is 18.2 Å². The third-order valence-electron chi connectivity index (χ3n) is 2.91. The third-order valence-corrected chi connectivity index (χ3v) is 2.91. The molecule has 2 aromatic carbocycles. The number of nitrogen functional groups attached to an aromatic ring is 1. The van der Waals surface area contributed by atoms with Gasteiger partial charge in [0.05, 0.1) is 12.8 Å². The fraction of sp³-hybridized carbons (Fsp3) is 0.188. The van der Waals surface area contributed by atoms with Gasteiger partial charge in [-0.05, 0) is 31.2 Å². The van der Waals surface area contributed by atoms with Gasteiger partial charge in [-0.15, -0.1) is 0 Å². The monoisotopic (exact) mass is 286 g/mol. The van der Waals surface area contributed by atoms with Crippen LogP contribution in [0.5, 0.6) is 11.5 Å². The fourth-order valence-electron chi connectivity index (χ4n) is 1.83. The molecule has 1 unspecified atom stereocenters. The van der Waals surface area contributed by atoms with E-state index in [2.05, 4.69) is 5.32 Å². The average molecular weight is 286 g/mol. The van der Waals surface area contributed by atoms with Crippen LogP contribution < -0.4 is 20.5 Å². The molecule has 0 saturated heterocycles. The first-order valence-electron chi connectivity index (χ1n) is 6.56. The van der Waals surface area contributed by atoms with Crippen molar-refractivity contribution in [3.63, 3.8) is 0 Å². The van der Waals surface area contributed by atoms with Gasteiger partial charge in [-0.2, -0.15) is 0 Å². The highest BCUT2D eigenvalue weighted by molar-refractivity contribution is 5.95. The minimum absolute atomic E-state index is 0.262. The number of benzene rings is 2. The first-order chi connectivity index (χ1) is 10.1. The number of anilines is 2. The molecule has 0 aliphatic heterocycles. The van der Waals surface area contributed by atoms with Crippen molar-refractivity contribution in [2.24, 2.45) is 0 Å². The Bertz CT molecular complexity index is 628. The van der Waals surface area contributed by atoms with Crippen molar-refractivity contribution in [1.29, 1.82) is 0 Å². The van der Waals surface area contributed by atoms with Gasteiger partial charge in [0.1, 0.15) is 11.5 Å². The molecule has 3 N–H and O–H groups in total. The molecule has 21 heavy (non-hydrogen) atoms. The molecule has 0 saturated carbocycles. The van der Waals surface area contributed by atoms with Crippen LogP contribution >= 0.6 is 0 Å². The van der Waals surface area contributed by atoms with Crippen molar-refractivity contribution in [3.05, 3.63) is 48.5 Å². The van der Waals surface area contributed by atoms with E-state index in [9.17, 15) is 4.79 Å². The van der Waals surface area contributed by atoms with E-state index in [1.165, 1.54) is 0 Å². The zero-order valence-electron chi connectivity index (χ0n) is 12.0. The Balaban J connectivity index is 2.02. The summed E-state index contributed by atoms with van der Waals surface area (Å²) < 4.78 is 10.8. The van der Waals surface area contributed by atoms with E-state index in [4.69, 9.17) is 15.2 Å². The molecule has 0 fully saturated rings. The standard InChI is InChI=1S/C16H18N2O3/c1-11(21-13-7-5-6-12(17)10-13)16(19)18-14-8-3-4-9-15(14)20-2/h3-11H,17H2,1-2H3,(H,18,19). The van der Waals surface area contributed by atoms with Gasteiger partial charge in [-0.3, -0.25) is 4.79 Å². The quantitative estimate of drug-likeness (QED) is 0.829. The number of carbonyl (C=O) groups is 1. The van der Waals surface area contributed by atoms with Crippen LogP contribution in [0.25, 0.3) is 0 Å². The van der Waals surface area contributed by atoms with Crippen LogP contribution in [-0.4, -0.2) is 19.1 Å². The lowest BCUT2D eigenvalue weighted by atomic mass is 10.2. The zero-order chi connectivity index (χ0) is 15.2. The molecule has 0 aliphatic rings. The molecule has 0 aromatic heterocycles. The van der Waals surface area contributed by atoms with Crippen molar-refractivity contribution in [1.82, 2.24) is 0 Å². The maximum absolute atomic E-state index is 12.1. The molecule has 2 aromatic rings. The lowest BCUT2D eigenvalue weighted by Gasteiger charge is -2.16. The number of ether oxygens (including phenoxy) is 2. The fourth-order valence-corrected chi connectivity index (χ4v) is 1.83. The van der Waals surface area contributed by atoms with Crippen LogP contribution in [0, 0.1) is 0 Å². The SMILES string of the molecule is COc1ccccc1NC(=O)C(C)Oc1cccc(N)c1. The van der Waals surface area contributed by atoms with Crippen molar-refractivity contribution in [2.75, 3.05) is 18.2 Å². The largest absolute Gasteiger partial charge is 0.495 e. The molecule has 0 bridgehead atoms. The molecular formula is C16H18N2O3.